The number of ether oxygens (including phenoxy) is 1. The fraction of sp³-hybridized carbons (Fsp3) is 0.0588. The number of carbonyl (C=O) groups is 1. The summed E-state index contributed by atoms with van der Waals surface area (Å²) in [6.07, 6.45) is 0.535. The first-order chi connectivity index (χ1) is 11.8. The Morgan fingerprint density at radius 1 is 1.20 bits per heavy atom. The molecule has 1 N–H and O–H groups in total. The first-order valence-corrected chi connectivity index (χ1v) is 6.96. The number of rotatable bonds is 4. The highest BCUT2D eigenvalue weighted by atomic mass is 19.4. The second-order valence-electron chi connectivity index (χ2n) is 5.00. The highest BCUT2D eigenvalue weighted by Gasteiger charge is 2.31. The number of aliphatic carboxylic acids is 1. The number of nitrogens with zero attached hydrogens (tertiary/aromatic N) is 1. The Labute approximate surface area is 139 Å². The smallest absolute Gasteiger partial charge is 0.478 e. The van der Waals surface area contributed by atoms with Crippen molar-refractivity contribution < 1.29 is 32.2 Å². The van der Waals surface area contributed by atoms with Gasteiger partial charge in [-0.25, -0.2) is 4.79 Å². The Morgan fingerprint density at radius 2 is 1.92 bits per heavy atom. The SMILES string of the molecule is O=C(O)/C=C/c1cc2cncc(-c3ccc(OC(F)(F)F)cc3)c2o1. The molecule has 8 heteroatoms. The zero-order valence-electron chi connectivity index (χ0n) is 12.4. The quantitative estimate of drug-likeness (QED) is 0.703. The summed E-state index contributed by atoms with van der Waals surface area (Å²) < 4.78 is 46.1. The van der Waals surface area contributed by atoms with Crippen molar-refractivity contribution in [2.45, 2.75) is 6.36 Å². The van der Waals surface area contributed by atoms with E-state index in [0.29, 0.717) is 27.9 Å². The van der Waals surface area contributed by atoms with Gasteiger partial charge in [0.05, 0.1) is 0 Å². The largest absolute Gasteiger partial charge is 0.573 e. The summed E-state index contributed by atoms with van der Waals surface area (Å²) in [4.78, 5) is 14.6. The van der Waals surface area contributed by atoms with E-state index in [2.05, 4.69) is 9.72 Å². The summed E-state index contributed by atoms with van der Waals surface area (Å²) in [6, 6.07) is 6.90. The van der Waals surface area contributed by atoms with Crippen LogP contribution in [0, 0.1) is 0 Å². The summed E-state index contributed by atoms with van der Waals surface area (Å²) in [7, 11) is 0. The van der Waals surface area contributed by atoms with Gasteiger partial charge < -0.3 is 14.3 Å². The third-order valence-electron chi connectivity index (χ3n) is 3.23. The van der Waals surface area contributed by atoms with E-state index in [4.69, 9.17) is 9.52 Å². The Kier molecular flexibility index (Phi) is 4.18. The van der Waals surface area contributed by atoms with Gasteiger partial charge in [0.2, 0.25) is 0 Å². The second kappa shape index (κ2) is 6.31. The molecule has 128 valence electrons. The molecule has 5 nitrogen and oxygen atoms in total. The average molecular weight is 349 g/mol. The normalized spacial score (nSPS) is 12.0. The molecular weight excluding hydrogens is 339 g/mol. The fourth-order valence-electron chi connectivity index (χ4n) is 2.26. The van der Waals surface area contributed by atoms with E-state index in [1.54, 1.807) is 12.3 Å². The lowest BCUT2D eigenvalue weighted by atomic mass is 10.1. The van der Waals surface area contributed by atoms with Gasteiger partial charge in [-0.3, -0.25) is 4.98 Å². The van der Waals surface area contributed by atoms with Crippen LogP contribution < -0.4 is 4.74 Å². The molecule has 0 radical (unpaired) electrons. The molecule has 0 spiro atoms. The molecular formula is C17H10F3NO4. The van der Waals surface area contributed by atoms with E-state index >= 15 is 0 Å². The van der Waals surface area contributed by atoms with Crippen LogP contribution in [0.1, 0.15) is 5.76 Å². The minimum Gasteiger partial charge on any atom is -0.478 e. The molecule has 0 saturated carbocycles. The molecule has 3 rings (SSSR count). The van der Waals surface area contributed by atoms with Crippen LogP contribution in [0.25, 0.3) is 28.2 Å². The standard InChI is InChI=1S/C17H10F3NO4/c18-17(19,20)25-12-3-1-10(2-4-12)14-9-21-8-11-7-13(24-16(11)14)5-6-15(22)23/h1-9H,(H,22,23)/b6-5+. The van der Waals surface area contributed by atoms with Gasteiger partial charge in [0.15, 0.2) is 0 Å². The molecule has 2 aromatic heterocycles. The van der Waals surface area contributed by atoms with Gasteiger partial charge in [-0.05, 0) is 29.8 Å². The van der Waals surface area contributed by atoms with Crippen LogP contribution in [0.5, 0.6) is 5.75 Å². The van der Waals surface area contributed by atoms with Crippen molar-refractivity contribution in [1.29, 1.82) is 0 Å². The van der Waals surface area contributed by atoms with Gasteiger partial charge in [0.25, 0.3) is 0 Å². The minimum absolute atomic E-state index is 0.323. The van der Waals surface area contributed by atoms with Crippen LogP contribution in [-0.2, 0) is 4.79 Å². The van der Waals surface area contributed by atoms with E-state index < -0.39 is 12.3 Å². The van der Waals surface area contributed by atoms with Gasteiger partial charge in [-0.2, -0.15) is 0 Å². The predicted octanol–water partition coefficient (Wildman–Crippen LogP) is 4.49. The lowest BCUT2D eigenvalue weighted by Crippen LogP contribution is -2.16. The van der Waals surface area contributed by atoms with Gasteiger partial charge in [-0.15, -0.1) is 13.2 Å². The molecule has 3 aromatic rings. The number of alkyl halides is 3. The lowest BCUT2D eigenvalue weighted by molar-refractivity contribution is -0.274. The van der Waals surface area contributed by atoms with Crippen LogP contribution in [-0.4, -0.2) is 22.4 Å². The number of halogens is 3. The molecule has 0 unspecified atom stereocenters. The molecule has 2 heterocycles. The zero-order valence-corrected chi connectivity index (χ0v) is 12.4. The Bertz CT molecular complexity index is 943. The third-order valence-corrected chi connectivity index (χ3v) is 3.23. The maximum Gasteiger partial charge on any atom is 0.573 e. The van der Waals surface area contributed by atoms with Crippen molar-refractivity contribution in [3.8, 4) is 16.9 Å². The number of hydrogen-bond acceptors (Lipinski definition) is 4. The summed E-state index contributed by atoms with van der Waals surface area (Å²) in [5.41, 5.74) is 1.59. The topological polar surface area (TPSA) is 72.6 Å². The van der Waals surface area contributed by atoms with E-state index in [0.717, 1.165) is 6.08 Å². The number of aromatic nitrogens is 1. The number of benzene rings is 1. The highest BCUT2D eigenvalue weighted by molar-refractivity contribution is 5.93. The number of furan rings is 1. The van der Waals surface area contributed by atoms with Crippen molar-refractivity contribution in [2.24, 2.45) is 0 Å². The summed E-state index contributed by atoms with van der Waals surface area (Å²) in [5, 5.41) is 9.29. The molecule has 0 amide bonds. The monoisotopic (exact) mass is 349 g/mol. The Balaban J connectivity index is 1.96. The number of hydrogen-bond donors (Lipinski definition) is 1. The second-order valence-corrected chi connectivity index (χ2v) is 5.00. The molecule has 0 aliphatic rings. The summed E-state index contributed by atoms with van der Waals surface area (Å²) in [6.45, 7) is 0. The molecule has 0 atom stereocenters. The number of carboxylic acids is 1. The van der Waals surface area contributed by atoms with Crippen LogP contribution in [0.2, 0.25) is 0 Å². The lowest BCUT2D eigenvalue weighted by Gasteiger charge is -2.09. The first-order valence-electron chi connectivity index (χ1n) is 6.96. The van der Waals surface area contributed by atoms with Gasteiger partial charge in [0.1, 0.15) is 17.1 Å². The third kappa shape index (κ3) is 3.97. The average Bonchev–Trinajstić information content (AvgIpc) is 2.95. The Hall–Kier alpha value is -3.29. The van der Waals surface area contributed by atoms with Crippen LogP contribution in [0.4, 0.5) is 13.2 Å². The highest BCUT2D eigenvalue weighted by Crippen LogP contribution is 2.32. The van der Waals surface area contributed by atoms with Crippen LogP contribution in [0.15, 0.2) is 53.2 Å². The van der Waals surface area contributed by atoms with E-state index in [1.165, 1.54) is 36.5 Å². The van der Waals surface area contributed by atoms with E-state index in [-0.39, 0.29) is 5.75 Å². The van der Waals surface area contributed by atoms with Crippen molar-refractivity contribution >= 4 is 23.0 Å². The molecule has 0 fully saturated rings. The maximum atomic E-state index is 12.2. The molecule has 0 bridgehead atoms. The number of pyridine rings is 1. The van der Waals surface area contributed by atoms with Crippen LogP contribution >= 0.6 is 0 Å². The number of fused-ring (bicyclic) bond motifs is 1. The maximum absolute atomic E-state index is 12.2. The van der Waals surface area contributed by atoms with E-state index in [9.17, 15) is 18.0 Å². The molecule has 1 aromatic carbocycles. The molecule has 0 saturated heterocycles. The van der Waals surface area contributed by atoms with E-state index in [1.807, 2.05) is 0 Å². The predicted molar refractivity (Wildman–Crippen MR) is 82.8 cm³/mol. The van der Waals surface area contributed by atoms with Crippen molar-refractivity contribution in [2.75, 3.05) is 0 Å². The first kappa shape index (κ1) is 16.6. The van der Waals surface area contributed by atoms with Crippen molar-refractivity contribution in [1.82, 2.24) is 4.98 Å². The summed E-state index contributed by atoms with van der Waals surface area (Å²) in [5.74, 6) is -1.12. The van der Waals surface area contributed by atoms with Gasteiger partial charge >= 0.3 is 12.3 Å². The molecule has 0 aliphatic carbocycles. The van der Waals surface area contributed by atoms with Crippen molar-refractivity contribution in [3.05, 3.63) is 54.6 Å². The van der Waals surface area contributed by atoms with Crippen molar-refractivity contribution in [3.63, 3.8) is 0 Å². The Morgan fingerprint density at radius 3 is 2.56 bits per heavy atom. The molecule has 0 aliphatic heterocycles. The zero-order chi connectivity index (χ0) is 18.0. The van der Waals surface area contributed by atoms with Gasteiger partial charge in [-0.1, -0.05) is 12.1 Å². The molecule has 25 heavy (non-hydrogen) atoms. The number of carboxylic acid groups (broad SMARTS) is 1. The minimum atomic E-state index is -4.75. The fourth-order valence-corrected chi connectivity index (χ4v) is 2.26. The van der Waals surface area contributed by atoms with Crippen LogP contribution in [0.3, 0.4) is 0 Å². The van der Waals surface area contributed by atoms with Gasteiger partial charge in [0, 0.05) is 29.4 Å². The summed E-state index contributed by atoms with van der Waals surface area (Å²) >= 11 is 0.